The Kier molecular flexibility index (Phi) is 4.65. The molecule has 0 atom stereocenters. The molecule has 0 aromatic heterocycles. The molecule has 0 heterocycles. The molecule has 0 aliphatic carbocycles. The van der Waals surface area contributed by atoms with Gasteiger partial charge in [-0.05, 0) is 6.07 Å². The van der Waals surface area contributed by atoms with E-state index >= 15 is 0 Å². The highest BCUT2D eigenvalue weighted by Gasteiger charge is 2.85. The van der Waals surface area contributed by atoms with Gasteiger partial charge in [-0.1, -0.05) is 29.8 Å². The van der Waals surface area contributed by atoms with Crippen LogP contribution in [0.15, 0.2) is 24.3 Å². The van der Waals surface area contributed by atoms with E-state index in [9.17, 15) is 49.0 Å². The average Bonchev–Trinajstić information content (AvgIpc) is 2.35. The fourth-order valence-corrected chi connectivity index (χ4v) is 1.97. The SMILES string of the molecule is OC(c1ccccc1Cl)(C(F)(F)C(F)(F)F)C(F)(F)C(F)(F)F. The molecule has 1 aromatic carbocycles. The van der Waals surface area contributed by atoms with Gasteiger partial charge in [0.25, 0.3) is 0 Å². The van der Waals surface area contributed by atoms with E-state index in [1.807, 2.05) is 0 Å². The maximum Gasteiger partial charge on any atom is 0.457 e. The Hall–Kier alpha value is -1.23. The highest BCUT2D eigenvalue weighted by atomic mass is 35.5. The summed E-state index contributed by atoms with van der Waals surface area (Å²) in [6.07, 6.45) is -13.8. The molecular weight excluding hydrogens is 374 g/mol. The molecule has 1 N–H and O–H groups in total. The molecular formula is C11H5ClF10O. The zero-order valence-corrected chi connectivity index (χ0v) is 11.2. The Morgan fingerprint density at radius 1 is 0.696 bits per heavy atom. The number of rotatable bonds is 3. The summed E-state index contributed by atoms with van der Waals surface area (Å²) in [5, 5.41) is 8.04. The van der Waals surface area contributed by atoms with Crippen LogP contribution in [0.2, 0.25) is 5.02 Å². The molecule has 0 spiro atoms. The summed E-state index contributed by atoms with van der Waals surface area (Å²) in [5.74, 6) is -13.7. The molecule has 0 unspecified atom stereocenters. The van der Waals surface area contributed by atoms with Crippen molar-refractivity contribution in [3.05, 3.63) is 34.9 Å². The van der Waals surface area contributed by atoms with Gasteiger partial charge in [-0.15, -0.1) is 0 Å². The maximum absolute atomic E-state index is 13.5. The summed E-state index contributed by atoms with van der Waals surface area (Å²) in [6.45, 7) is 0. The van der Waals surface area contributed by atoms with Gasteiger partial charge in [-0.2, -0.15) is 43.9 Å². The molecule has 0 saturated heterocycles. The fourth-order valence-electron chi connectivity index (χ4n) is 1.70. The van der Waals surface area contributed by atoms with Crippen LogP contribution in [-0.4, -0.2) is 29.3 Å². The molecule has 1 aromatic rings. The summed E-state index contributed by atoms with van der Waals surface area (Å²) >= 11 is 5.16. The van der Waals surface area contributed by atoms with E-state index in [0.29, 0.717) is 12.1 Å². The predicted molar refractivity (Wildman–Crippen MR) is 57.4 cm³/mol. The lowest BCUT2D eigenvalue weighted by Gasteiger charge is -2.42. The van der Waals surface area contributed by atoms with Gasteiger partial charge in [0.05, 0.1) is 0 Å². The van der Waals surface area contributed by atoms with Crippen molar-refractivity contribution in [3.8, 4) is 0 Å². The first-order valence-corrected chi connectivity index (χ1v) is 5.76. The van der Waals surface area contributed by atoms with Crippen LogP contribution in [0.4, 0.5) is 43.9 Å². The lowest BCUT2D eigenvalue weighted by molar-refractivity contribution is -0.429. The van der Waals surface area contributed by atoms with Crippen molar-refractivity contribution in [3.63, 3.8) is 0 Å². The van der Waals surface area contributed by atoms with E-state index in [0.717, 1.165) is 6.07 Å². The number of hydrogen-bond acceptors (Lipinski definition) is 1. The van der Waals surface area contributed by atoms with Crippen LogP contribution in [0.1, 0.15) is 5.56 Å². The second kappa shape index (κ2) is 5.40. The molecule has 0 aliphatic rings. The van der Waals surface area contributed by atoms with Crippen molar-refractivity contribution in [1.82, 2.24) is 0 Å². The maximum atomic E-state index is 13.5. The van der Waals surface area contributed by atoms with Crippen LogP contribution in [0, 0.1) is 0 Å². The van der Waals surface area contributed by atoms with Gasteiger partial charge in [0.2, 0.25) is 5.60 Å². The second-order valence-corrected chi connectivity index (χ2v) is 4.74. The molecule has 132 valence electrons. The molecule has 23 heavy (non-hydrogen) atoms. The van der Waals surface area contributed by atoms with Crippen LogP contribution in [-0.2, 0) is 5.60 Å². The normalized spacial score (nSPS) is 15.0. The first-order chi connectivity index (χ1) is 10.0. The third kappa shape index (κ3) is 2.73. The lowest BCUT2D eigenvalue weighted by Crippen LogP contribution is -2.68. The third-order valence-corrected chi connectivity index (χ3v) is 3.21. The first kappa shape index (κ1) is 19.8. The van der Waals surface area contributed by atoms with Crippen LogP contribution >= 0.6 is 11.6 Å². The van der Waals surface area contributed by atoms with E-state index in [1.165, 1.54) is 0 Å². The van der Waals surface area contributed by atoms with Crippen molar-refractivity contribution in [2.45, 2.75) is 29.8 Å². The van der Waals surface area contributed by atoms with Crippen molar-refractivity contribution in [2.75, 3.05) is 0 Å². The summed E-state index contributed by atoms with van der Waals surface area (Å²) in [5.41, 5.74) is -8.12. The Morgan fingerprint density at radius 3 is 1.35 bits per heavy atom. The number of halogens is 11. The second-order valence-electron chi connectivity index (χ2n) is 4.33. The van der Waals surface area contributed by atoms with E-state index in [1.54, 1.807) is 0 Å². The minimum Gasteiger partial charge on any atom is -0.373 e. The molecule has 1 nitrogen and oxygen atoms in total. The molecule has 0 fully saturated rings. The van der Waals surface area contributed by atoms with E-state index in [4.69, 9.17) is 11.6 Å². The summed E-state index contributed by atoms with van der Waals surface area (Å²) in [6, 6.07) is 1.91. The topological polar surface area (TPSA) is 20.2 Å². The highest BCUT2D eigenvalue weighted by molar-refractivity contribution is 6.31. The molecule has 12 heteroatoms. The smallest absolute Gasteiger partial charge is 0.373 e. The zero-order valence-electron chi connectivity index (χ0n) is 10.4. The van der Waals surface area contributed by atoms with Crippen molar-refractivity contribution in [1.29, 1.82) is 0 Å². The highest BCUT2D eigenvalue weighted by Crippen LogP contribution is 2.60. The van der Waals surface area contributed by atoms with Crippen LogP contribution in [0.25, 0.3) is 0 Å². The first-order valence-electron chi connectivity index (χ1n) is 5.38. The molecule has 0 radical (unpaired) electrons. The van der Waals surface area contributed by atoms with Crippen molar-refractivity contribution in [2.24, 2.45) is 0 Å². The zero-order chi connectivity index (χ0) is 18.5. The Labute approximate surface area is 126 Å². The number of aliphatic hydroxyl groups is 1. The number of benzene rings is 1. The van der Waals surface area contributed by atoms with E-state index < -0.39 is 40.4 Å². The van der Waals surface area contributed by atoms with Gasteiger partial charge in [-0.25, -0.2) is 0 Å². The summed E-state index contributed by atoms with van der Waals surface area (Å²) in [4.78, 5) is 0. The van der Waals surface area contributed by atoms with Crippen LogP contribution < -0.4 is 0 Å². The van der Waals surface area contributed by atoms with Gasteiger partial charge in [-0.3, -0.25) is 0 Å². The van der Waals surface area contributed by atoms with Crippen LogP contribution in [0.3, 0.4) is 0 Å². The Morgan fingerprint density at radius 2 is 1.04 bits per heavy atom. The van der Waals surface area contributed by atoms with Crippen LogP contribution in [0.5, 0.6) is 0 Å². The molecule has 0 amide bonds. The monoisotopic (exact) mass is 378 g/mol. The van der Waals surface area contributed by atoms with Gasteiger partial charge < -0.3 is 5.11 Å². The third-order valence-electron chi connectivity index (χ3n) is 2.88. The van der Waals surface area contributed by atoms with Gasteiger partial charge >= 0.3 is 24.2 Å². The van der Waals surface area contributed by atoms with E-state index in [-0.39, 0.29) is 6.07 Å². The Bertz CT molecular complexity index is 551. The minimum atomic E-state index is -6.92. The Balaban J connectivity index is 3.88. The number of alkyl halides is 10. The number of hydrogen-bond donors (Lipinski definition) is 1. The van der Waals surface area contributed by atoms with Gasteiger partial charge in [0.1, 0.15) is 0 Å². The standard InChI is InChI=1S/C11H5ClF10O/c12-6-4-2-1-3-5(6)7(23,8(13,14)10(17,18)19)9(15,16)11(20,21)22/h1-4,23H. The van der Waals surface area contributed by atoms with Gasteiger partial charge in [0, 0.05) is 10.6 Å². The average molecular weight is 379 g/mol. The molecule has 0 saturated carbocycles. The fraction of sp³-hybridized carbons (Fsp3) is 0.455. The quantitative estimate of drug-likeness (QED) is 0.740. The molecule has 0 aliphatic heterocycles. The lowest BCUT2D eigenvalue weighted by atomic mass is 9.80. The summed E-state index contributed by atoms with van der Waals surface area (Å²) in [7, 11) is 0. The van der Waals surface area contributed by atoms with Crippen molar-refractivity contribution >= 4 is 11.6 Å². The molecule has 1 rings (SSSR count). The van der Waals surface area contributed by atoms with E-state index in [2.05, 4.69) is 0 Å². The largest absolute Gasteiger partial charge is 0.457 e. The van der Waals surface area contributed by atoms with Gasteiger partial charge in [0.15, 0.2) is 0 Å². The predicted octanol–water partition coefficient (Wildman–Crippen LogP) is 4.92. The summed E-state index contributed by atoms with van der Waals surface area (Å²) < 4.78 is 128. The minimum absolute atomic E-state index is 0.0155. The van der Waals surface area contributed by atoms with Crippen molar-refractivity contribution < 1.29 is 49.0 Å². The molecule has 0 bridgehead atoms.